The first-order chi connectivity index (χ1) is 15.0. The van der Waals surface area contributed by atoms with Crippen molar-refractivity contribution >= 4 is 18.1 Å². The second kappa shape index (κ2) is 10.1. The lowest BCUT2D eigenvalue weighted by molar-refractivity contribution is -0.141. The third-order valence-electron chi connectivity index (χ3n) is 5.71. The number of halogens is 3. The molecule has 1 amide bonds. The van der Waals surface area contributed by atoms with Crippen molar-refractivity contribution in [3.8, 4) is 0 Å². The lowest BCUT2D eigenvalue weighted by Crippen LogP contribution is -2.52. The van der Waals surface area contributed by atoms with Crippen LogP contribution in [0.25, 0.3) is 0 Å². The van der Waals surface area contributed by atoms with E-state index in [9.17, 15) is 18.0 Å². The minimum absolute atomic E-state index is 0.137. The molecule has 0 radical (unpaired) electrons. The van der Waals surface area contributed by atoms with Crippen molar-refractivity contribution in [2.24, 2.45) is 10.9 Å². The number of aliphatic imine (C=N–C) groups is 1. The number of carbonyl (C=O) groups is 1. The van der Waals surface area contributed by atoms with Crippen LogP contribution in [0.4, 0.5) is 23.8 Å². The summed E-state index contributed by atoms with van der Waals surface area (Å²) < 4.78 is 43.5. The molecule has 1 aliphatic carbocycles. The Bertz CT molecular complexity index is 792. The van der Waals surface area contributed by atoms with Gasteiger partial charge >= 0.3 is 12.3 Å². The van der Waals surface area contributed by atoms with Crippen LogP contribution in [-0.2, 0) is 10.9 Å². The average molecular weight is 456 g/mol. The Kier molecular flexibility index (Phi) is 7.74. The molecule has 1 saturated heterocycles. The number of nitrogens with zero attached hydrogens (tertiary/aromatic N) is 4. The highest BCUT2D eigenvalue weighted by atomic mass is 19.4. The molecule has 2 fully saturated rings. The second-order valence-corrected chi connectivity index (χ2v) is 9.52. The first-order valence-electron chi connectivity index (χ1n) is 11.2. The molecule has 3 rings (SSSR count). The summed E-state index contributed by atoms with van der Waals surface area (Å²) in [6.07, 6.45) is 4.63. The number of hydrogen-bond acceptors (Lipinski definition) is 6. The van der Waals surface area contributed by atoms with E-state index >= 15 is 0 Å². The van der Waals surface area contributed by atoms with Gasteiger partial charge in [-0.05, 0) is 46.5 Å². The van der Waals surface area contributed by atoms with Gasteiger partial charge in [-0.3, -0.25) is 0 Å². The maximum atomic E-state index is 12.7. The van der Waals surface area contributed by atoms with E-state index in [2.05, 4.69) is 20.3 Å². The van der Waals surface area contributed by atoms with Crippen LogP contribution in [-0.4, -0.2) is 53.1 Å². The molecule has 1 saturated carbocycles. The van der Waals surface area contributed by atoms with E-state index in [1.54, 1.807) is 27.0 Å². The first-order valence-corrected chi connectivity index (χ1v) is 11.2. The van der Waals surface area contributed by atoms with Gasteiger partial charge in [0.1, 0.15) is 11.4 Å². The van der Waals surface area contributed by atoms with E-state index in [-0.39, 0.29) is 18.0 Å². The molecule has 2 heterocycles. The largest absolute Gasteiger partial charge is 0.442 e. The van der Waals surface area contributed by atoms with Crippen LogP contribution in [0.1, 0.15) is 65.0 Å². The predicted molar refractivity (Wildman–Crippen MR) is 116 cm³/mol. The fourth-order valence-corrected chi connectivity index (χ4v) is 4.24. The molecule has 1 aromatic rings. The Morgan fingerprint density at radius 3 is 2.56 bits per heavy atom. The van der Waals surface area contributed by atoms with Gasteiger partial charge in [0.2, 0.25) is 0 Å². The van der Waals surface area contributed by atoms with Crippen molar-refractivity contribution < 1.29 is 22.7 Å². The molecule has 0 spiro atoms. The average Bonchev–Trinajstić information content (AvgIpc) is 2.72. The molecule has 7 nitrogen and oxygen atoms in total. The number of aromatic nitrogens is 2. The zero-order valence-electron chi connectivity index (χ0n) is 18.9. The Morgan fingerprint density at radius 2 is 1.91 bits per heavy atom. The fraction of sp³-hybridized carbons (Fsp3) is 0.727. The number of anilines is 1. The monoisotopic (exact) mass is 455 g/mol. The van der Waals surface area contributed by atoms with Crippen molar-refractivity contribution in [2.45, 2.75) is 83.2 Å². The number of ether oxygens (including phenoxy) is 1. The van der Waals surface area contributed by atoms with Gasteiger partial charge in [0.25, 0.3) is 0 Å². The summed E-state index contributed by atoms with van der Waals surface area (Å²) in [5, 5.41) is 3.70. The standard InChI is InChI=1S/C22H32F3N5O2/c1-21(2,3)32-20(31)28-11-15-7-4-5-9-17(15)29-16-8-6-10-30(14-16)19-13-26-18(12-27-19)22(23,24)25/h11-13,15-17,29H,4-10,14H2,1-3H3/b28-11+/t15?,16?,17-/m1/s1. The summed E-state index contributed by atoms with van der Waals surface area (Å²) in [4.78, 5) is 25.5. The zero-order valence-corrected chi connectivity index (χ0v) is 18.9. The minimum Gasteiger partial charge on any atom is -0.442 e. The van der Waals surface area contributed by atoms with Gasteiger partial charge in [-0.15, -0.1) is 0 Å². The van der Waals surface area contributed by atoms with E-state index < -0.39 is 23.6 Å². The van der Waals surface area contributed by atoms with Crippen LogP contribution in [0.2, 0.25) is 0 Å². The zero-order chi connectivity index (χ0) is 23.4. The maximum absolute atomic E-state index is 12.7. The summed E-state index contributed by atoms with van der Waals surface area (Å²) in [5.74, 6) is 0.591. The Hall–Kier alpha value is -2.23. The van der Waals surface area contributed by atoms with Crippen LogP contribution < -0.4 is 10.2 Å². The molecular weight excluding hydrogens is 423 g/mol. The molecule has 0 aromatic carbocycles. The van der Waals surface area contributed by atoms with Crippen LogP contribution in [0.5, 0.6) is 0 Å². The van der Waals surface area contributed by atoms with Gasteiger partial charge in [0, 0.05) is 37.3 Å². The Labute approximate surface area is 186 Å². The van der Waals surface area contributed by atoms with Crippen LogP contribution in [0.3, 0.4) is 0 Å². The van der Waals surface area contributed by atoms with Crippen LogP contribution >= 0.6 is 0 Å². The third-order valence-corrected chi connectivity index (χ3v) is 5.71. The van der Waals surface area contributed by atoms with Gasteiger partial charge in [-0.1, -0.05) is 12.8 Å². The summed E-state index contributed by atoms with van der Waals surface area (Å²) in [7, 11) is 0. The topological polar surface area (TPSA) is 79.7 Å². The molecule has 2 unspecified atom stereocenters. The minimum atomic E-state index is -4.49. The lowest BCUT2D eigenvalue weighted by atomic mass is 9.84. The summed E-state index contributed by atoms with van der Waals surface area (Å²) in [6, 6.07) is 0.368. The molecule has 2 aliphatic rings. The number of alkyl halides is 3. The number of rotatable bonds is 4. The molecule has 10 heteroatoms. The van der Waals surface area contributed by atoms with Crippen molar-refractivity contribution in [1.82, 2.24) is 15.3 Å². The Morgan fingerprint density at radius 1 is 1.16 bits per heavy atom. The summed E-state index contributed by atoms with van der Waals surface area (Å²) in [5.41, 5.74) is -1.56. The quantitative estimate of drug-likeness (QED) is 0.668. The molecule has 32 heavy (non-hydrogen) atoms. The first kappa shape index (κ1) is 24.4. The molecule has 1 N–H and O–H groups in total. The second-order valence-electron chi connectivity index (χ2n) is 9.52. The molecule has 178 valence electrons. The third kappa shape index (κ3) is 7.15. The van der Waals surface area contributed by atoms with Gasteiger partial charge < -0.3 is 15.0 Å². The smallest absolute Gasteiger partial charge is 0.434 e. The molecule has 1 aliphatic heterocycles. The van der Waals surface area contributed by atoms with Gasteiger partial charge in [0.05, 0.1) is 12.4 Å². The van der Waals surface area contributed by atoms with Crippen molar-refractivity contribution in [1.29, 1.82) is 0 Å². The molecule has 1 aromatic heterocycles. The predicted octanol–water partition coefficient (Wildman–Crippen LogP) is 4.62. The highest BCUT2D eigenvalue weighted by Gasteiger charge is 2.33. The fourth-order valence-electron chi connectivity index (χ4n) is 4.24. The normalized spacial score (nSPS) is 25.2. The maximum Gasteiger partial charge on any atom is 0.434 e. The van der Waals surface area contributed by atoms with Crippen LogP contribution in [0, 0.1) is 5.92 Å². The number of hydrogen-bond donors (Lipinski definition) is 1. The van der Waals surface area contributed by atoms with E-state index in [1.165, 1.54) is 6.20 Å². The number of amides is 1. The molecule has 3 atom stereocenters. The van der Waals surface area contributed by atoms with Crippen LogP contribution in [0.15, 0.2) is 17.4 Å². The number of nitrogens with one attached hydrogen (secondary N) is 1. The van der Waals surface area contributed by atoms with Crippen molar-refractivity contribution in [3.05, 3.63) is 18.1 Å². The van der Waals surface area contributed by atoms with Gasteiger partial charge in [0.15, 0.2) is 5.69 Å². The van der Waals surface area contributed by atoms with E-state index in [0.717, 1.165) is 51.3 Å². The molecule has 0 bridgehead atoms. The highest BCUT2D eigenvalue weighted by Crippen LogP contribution is 2.28. The number of piperidine rings is 1. The summed E-state index contributed by atoms with van der Waals surface area (Å²) >= 11 is 0. The van der Waals surface area contributed by atoms with E-state index in [1.807, 2.05) is 4.90 Å². The van der Waals surface area contributed by atoms with Crippen molar-refractivity contribution in [2.75, 3.05) is 18.0 Å². The van der Waals surface area contributed by atoms with E-state index in [4.69, 9.17) is 4.74 Å². The Balaban J connectivity index is 1.59. The summed E-state index contributed by atoms with van der Waals surface area (Å²) in [6.45, 7) is 6.79. The van der Waals surface area contributed by atoms with Gasteiger partial charge in [-0.25, -0.2) is 14.8 Å². The molecular formula is C22H32F3N5O2. The lowest BCUT2D eigenvalue weighted by Gasteiger charge is -2.38. The number of carbonyl (C=O) groups excluding carboxylic acids is 1. The van der Waals surface area contributed by atoms with Gasteiger partial charge in [-0.2, -0.15) is 18.2 Å². The highest BCUT2D eigenvalue weighted by molar-refractivity contribution is 5.80. The van der Waals surface area contributed by atoms with Crippen molar-refractivity contribution in [3.63, 3.8) is 0 Å². The van der Waals surface area contributed by atoms with E-state index in [0.29, 0.717) is 12.4 Å². The SMILES string of the molecule is CC(C)(C)OC(=O)/N=C/C1CCCC[C@H]1NC1CCCN(c2cnc(C(F)(F)F)cn2)C1.